The van der Waals surface area contributed by atoms with Gasteiger partial charge in [-0.1, -0.05) is 0 Å². The van der Waals surface area contributed by atoms with Crippen LogP contribution < -0.4 is 0 Å². The van der Waals surface area contributed by atoms with E-state index in [0.717, 1.165) is 0 Å². The molecule has 2 aliphatic rings. The van der Waals surface area contributed by atoms with Gasteiger partial charge in [0.25, 0.3) is 20.2 Å². The average molecular weight is 312 g/mol. The number of hydrogen-bond acceptors (Lipinski definition) is 6. The Kier molecular flexibility index (Phi) is 3.75. The third-order valence-electron chi connectivity index (χ3n) is 4.44. The average Bonchev–Trinajstić information content (AvgIpc) is 2.55. The van der Waals surface area contributed by atoms with E-state index in [1.165, 1.54) is 0 Å². The summed E-state index contributed by atoms with van der Waals surface area (Å²) in [6, 6.07) is 0. The highest BCUT2D eigenvalue weighted by atomic mass is 32.2. The number of rotatable bonds is 2. The molecule has 0 aromatic carbocycles. The molecule has 0 amide bonds. The molecular weight excluding hydrogens is 292 g/mol. The van der Waals surface area contributed by atoms with Gasteiger partial charge < -0.3 is 0 Å². The molecule has 6 unspecified atom stereocenters. The highest BCUT2D eigenvalue weighted by molar-refractivity contribution is 7.87. The van der Waals surface area contributed by atoms with Gasteiger partial charge in [0.05, 0.1) is 22.7 Å². The fraction of sp³-hybridized carbons (Fsp3) is 1.00. The van der Waals surface area contributed by atoms with Gasteiger partial charge in [0.2, 0.25) is 0 Å². The van der Waals surface area contributed by atoms with E-state index in [1.54, 1.807) is 27.7 Å². The van der Waals surface area contributed by atoms with Crippen molar-refractivity contribution in [2.45, 2.75) is 56.8 Å². The Hall–Kier alpha value is -0.180. The van der Waals surface area contributed by atoms with Gasteiger partial charge in [0, 0.05) is 11.8 Å². The number of hydrogen-bond donors (Lipinski definition) is 0. The molecule has 2 heterocycles. The molecule has 0 saturated carbocycles. The lowest BCUT2D eigenvalue weighted by atomic mass is 9.84. The van der Waals surface area contributed by atoms with Crippen LogP contribution in [0.5, 0.6) is 0 Å². The first kappa shape index (κ1) is 15.2. The molecule has 0 N–H and O–H groups in total. The van der Waals surface area contributed by atoms with E-state index in [9.17, 15) is 16.8 Å². The molecule has 6 nitrogen and oxygen atoms in total. The molecule has 0 aromatic heterocycles. The van der Waals surface area contributed by atoms with Crippen molar-refractivity contribution in [1.29, 1.82) is 0 Å². The Morgan fingerprint density at radius 3 is 1.26 bits per heavy atom. The van der Waals surface area contributed by atoms with E-state index in [1.807, 2.05) is 0 Å². The molecule has 2 fully saturated rings. The van der Waals surface area contributed by atoms with Crippen LogP contribution in [0.25, 0.3) is 0 Å². The van der Waals surface area contributed by atoms with Crippen molar-refractivity contribution >= 4 is 20.2 Å². The summed E-state index contributed by atoms with van der Waals surface area (Å²) in [7, 11) is -7.04. The van der Waals surface area contributed by atoms with Crippen LogP contribution in [0.3, 0.4) is 0 Å². The van der Waals surface area contributed by atoms with Gasteiger partial charge in [0.15, 0.2) is 0 Å². The molecule has 0 radical (unpaired) electrons. The molecule has 2 aliphatic heterocycles. The lowest BCUT2D eigenvalue weighted by molar-refractivity contribution is 0.143. The predicted octanol–water partition coefficient (Wildman–Crippen LogP) is 0.883. The van der Waals surface area contributed by atoms with Crippen LogP contribution in [0.1, 0.15) is 34.1 Å². The van der Waals surface area contributed by atoms with Gasteiger partial charge in [-0.25, -0.2) is 0 Å². The first-order valence-electron chi connectivity index (χ1n) is 6.40. The Morgan fingerprint density at radius 1 is 0.737 bits per heavy atom. The second-order valence-corrected chi connectivity index (χ2v) is 9.41. The zero-order chi connectivity index (χ0) is 14.6. The fourth-order valence-corrected chi connectivity index (χ4v) is 6.02. The third-order valence-corrected chi connectivity index (χ3v) is 8.10. The van der Waals surface area contributed by atoms with E-state index in [-0.39, 0.29) is 11.8 Å². The monoisotopic (exact) mass is 312 g/mol. The van der Waals surface area contributed by atoms with Crippen molar-refractivity contribution in [3.8, 4) is 0 Å². The van der Waals surface area contributed by atoms with Crippen LogP contribution in [0, 0.1) is 11.8 Å². The van der Waals surface area contributed by atoms with Crippen molar-refractivity contribution in [3.63, 3.8) is 0 Å². The molecule has 6 atom stereocenters. The van der Waals surface area contributed by atoms with E-state index < -0.39 is 42.9 Å². The summed E-state index contributed by atoms with van der Waals surface area (Å²) < 4.78 is 56.7. The van der Waals surface area contributed by atoms with Crippen LogP contribution in [-0.2, 0) is 28.6 Å². The summed E-state index contributed by atoms with van der Waals surface area (Å²) in [5, 5.41) is -1.21. The third kappa shape index (κ3) is 2.55. The van der Waals surface area contributed by atoms with Crippen LogP contribution in [0.2, 0.25) is 0 Å². The first-order chi connectivity index (χ1) is 8.56. The van der Waals surface area contributed by atoms with Crippen molar-refractivity contribution < 1.29 is 25.2 Å². The van der Waals surface area contributed by atoms with Crippen molar-refractivity contribution in [2.24, 2.45) is 11.8 Å². The molecular formula is C11H20O6S2. The Bertz CT molecular complexity index is 502. The Balaban J connectivity index is 2.19. The molecule has 112 valence electrons. The second-order valence-electron chi connectivity index (χ2n) is 5.56. The van der Waals surface area contributed by atoms with E-state index >= 15 is 0 Å². The molecule has 19 heavy (non-hydrogen) atoms. The van der Waals surface area contributed by atoms with Crippen LogP contribution in [0.4, 0.5) is 0 Å². The summed E-state index contributed by atoms with van der Waals surface area (Å²) in [5.41, 5.74) is 0. The van der Waals surface area contributed by atoms with Crippen molar-refractivity contribution in [1.82, 2.24) is 0 Å². The lowest BCUT2D eigenvalue weighted by Gasteiger charge is -2.23. The van der Waals surface area contributed by atoms with Crippen LogP contribution in [-0.4, -0.2) is 39.5 Å². The highest BCUT2D eigenvalue weighted by Crippen LogP contribution is 2.40. The normalized spacial score (nSPS) is 48.4. The summed E-state index contributed by atoms with van der Waals surface area (Å²) in [6.07, 6.45) is -0.353. The zero-order valence-electron chi connectivity index (χ0n) is 11.4. The predicted molar refractivity (Wildman–Crippen MR) is 69.5 cm³/mol. The fourth-order valence-electron chi connectivity index (χ4n) is 3.01. The quantitative estimate of drug-likeness (QED) is 0.704. The molecule has 0 aromatic rings. The SMILES string of the molecule is CC1OS(=O)(=O)C(C)C1CC1C(C)OS(=O)(=O)C1C. The molecule has 2 saturated heterocycles. The summed E-state index contributed by atoms with van der Waals surface area (Å²) in [5.74, 6) is -0.395. The first-order valence-corrected chi connectivity index (χ1v) is 9.34. The van der Waals surface area contributed by atoms with E-state index in [2.05, 4.69) is 0 Å². The van der Waals surface area contributed by atoms with Gasteiger partial charge in [-0.2, -0.15) is 16.8 Å². The zero-order valence-corrected chi connectivity index (χ0v) is 13.1. The van der Waals surface area contributed by atoms with Crippen molar-refractivity contribution in [3.05, 3.63) is 0 Å². The minimum absolute atomic E-state index is 0.197. The maximum Gasteiger partial charge on any atom is 0.270 e. The summed E-state index contributed by atoms with van der Waals surface area (Å²) in [6.45, 7) is 6.66. The van der Waals surface area contributed by atoms with Crippen molar-refractivity contribution in [2.75, 3.05) is 0 Å². The minimum Gasteiger partial charge on any atom is -0.267 e. The standard InChI is InChI=1S/C11H20O6S2/c1-6-10(8(3)18(12,13)16-6)5-11-7(2)17-19(14,15)9(11)4/h6-11H,5H2,1-4H3. The van der Waals surface area contributed by atoms with E-state index in [0.29, 0.717) is 6.42 Å². The second kappa shape index (κ2) is 4.68. The maximum atomic E-state index is 11.7. The lowest BCUT2D eigenvalue weighted by Crippen LogP contribution is -2.30. The summed E-state index contributed by atoms with van der Waals surface area (Å²) in [4.78, 5) is 0. The highest BCUT2D eigenvalue weighted by Gasteiger charge is 2.50. The largest absolute Gasteiger partial charge is 0.270 e. The smallest absolute Gasteiger partial charge is 0.267 e. The van der Waals surface area contributed by atoms with Crippen LogP contribution in [0.15, 0.2) is 0 Å². The minimum atomic E-state index is -3.52. The van der Waals surface area contributed by atoms with E-state index in [4.69, 9.17) is 8.37 Å². The van der Waals surface area contributed by atoms with Gasteiger partial charge in [0.1, 0.15) is 0 Å². The summed E-state index contributed by atoms with van der Waals surface area (Å²) >= 11 is 0. The molecule has 0 spiro atoms. The topological polar surface area (TPSA) is 86.7 Å². The van der Waals surface area contributed by atoms with Crippen LogP contribution >= 0.6 is 0 Å². The van der Waals surface area contributed by atoms with Gasteiger partial charge >= 0.3 is 0 Å². The molecule has 2 rings (SSSR count). The Labute approximate surface area is 114 Å². The molecule has 0 bridgehead atoms. The van der Waals surface area contributed by atoms with Gasteiger partial charge in [-0.15, -0.1) is 0 Å². The Morgan fingerprint density at radius 2 is 1.05 bits per heavy atom. The molecule has 8 heteroatoms. The van der Waals surface area contributed by atoms with Gasteiger partial charge in [-0.3, -0.25) is 8.37 Å². The maximum absolute atomic E-state index is 11.7. The molecule has 0 aliphatic carbocycles. The van der Waals surface area contributed by atoms with Gasteiger partial charge in [-0.05, 0) is 34.1 Å².